The molecule has 96 valence electrons. The van der Waals surface area contributed by atoms with Crippen molar-refractivity contribution in [3.63, 3.8) is 0 Å². The molecule has 0 radical (unpaired) electrons. The second-order valence-corrected chi connectivity index (χ2v) is 4.46. The second kappa shape index (κ2) is 4.68. The van der Waals surface area contributed by atoms with E-state index in [1.807, 2.05) is 32.2 Å². The molecule has 0 aliphatic rings. The number of fused-ring (bicyclic) bond motifs is 1. The number of hydrogen-bond donors (Lipinski definition) is 1. The van der Waals surface area contributed by atoms with Crippen molar-refractivity contribution in [2.75, 3.05) is 5.32 Å². The molecule has 0 spiro atoms. The van der Waals surface area contributed by atoms with Gasteiger partial charge in [0.1, 0.15) is 11.6 Å². The van der Waals surface area contributed by atoms with Crippen LogP contribution in [0.3, 0.4) is 0 Å². The van der Waals surface area contributed by atoms with Gasteiger partial charge < -0.3 is 5.32 Å². The Kier molecular flexibility index (Phi) is 2.87. The third kappa shape index (κ3) is 2.27. The number of rotatable bonds is 3. The van der Waals surface area contributed by atoms with Gasteiger partial charge in [-0.2, -0.15) is 5.10 Å². The summed E-state index contributed by atoms with van der Waals surface area (Å²) in [6.07, 6.45) is 1.79. The highest BCUT2D eigenvalue weighted by molar-refractivity contribution is 5.86. The molecule has 1 N–H and O–H groups in total. The largest absolute Gasteiger partial charge is 0.365 e. The van der Waals surface area contributed by atoms with Crippen molar-refractivity contribution in [2.24, 2.45) is 7.05 Å². The lowest BCUT2D eigenvalue weighted by atomic mass is 10.2. The van der Waals surface area contributed by atoms with Crippen molar-refractivity contribution < 1.29 is 0 Å². The van der Waals surface area contributed by atoms with Crippen LogP contribution in [-0.2, 0) is 13.6 Å². The highest BCUT2D eigenvalue weighted by Crippen LogP contribution is 2.19. The van der Waals surface area contributed by atoms with E-state index in [2.05, 4.69) is 32.5 Å². The summed E-state index contributed by atoms with van der Waals surface area (Å²) in [7, 11) is 1.88. The van der Waals surface area contributed by atoms with Gasteiger partial charge in [0.15, 0.2) is 5.65 Å². The fourth-order valence-electron chi connectivity index (χ4n) is 2.05. The van der Waals surface area contributed by atoms with Crippen molar-refractivity contribution in [3.05, 3.63) is 47.9 Å². The average Bonchev–Trinajstić information content (AvgIpc) is 2.79. The van der Waals surface area contributed by atoms with Crippen LogP contribution < -0.4 is 5.32 Å². The SMILES string of the molecule is Cc1nc(NCc2ccccc2)c2cnn(C)c2n1. The van der Waals surface area contributed by atoms with Crippen LogP contribution in [0.15, 0.2) is 36.5 Å². The second-order valence-electron chi connectivity index (χ2n) is 4.46. The first-order valence-corrected chi connectivity index (χ1v) is 6.18. The van der Waals surface area contributed by atoms with Crippen molar-refractivity contribution in [1.29, 1.82) is 0 Å². The molecule has 0 aliphatic carbocycles. The highest BCUT2D eigenvalue weighted by Gasteiger charge is 2.09. The van der Waals surface area contributed by atoms with Gasteiger partial charge in [0.2, 0.25) is 0 Å². The van der Waals surface area contributed by atoms with Gasteiger partial charge in [-0.05, 0) is 12.5 Å². The van der Waals surface area contributed by atoms with Gasteiger partial charge in [0, 0.05) is 13.6 Å². The molecule has 0 unspecified atom stereocenters. The molecule has 5 nitrogen and oxygen atoms in total. The standard InChI is InChI=1S/C14H15N5/c1-10-17-13(12-9-16-19(2)14(12)18-10)15-8-11-6-4-3-5-7-11/h3-7,9H,8H2,1-2H3,(H,15,17,18). The van der Waals surface area contributed by atoms with Crippen LogP contribution in [0, 0.1) is 6.92 Å². The van der Waals surface area contributed by atoms with Crippen LogP contribution in [0.4, 0.5) is 5.82 Å². The minimum atomic E-state index is 0.737. The topological polar surface area (TPSA) is 55.6 Å². The molecule has 1 aromatic carbocycles. The first-order valence-electron chi connectivity index (χ1n) is 6.18. The monoisotopic (exact) mass is 253 g/mol. The van der Waals surface area contributed by atoms with Crippen LogP contribution in [0.1, 0.15) is 11.4 Å². The maximum Gasteiger partial charge on any atom is 0.163 e. The summed E-state index contributed by atoms with van der Waals surface area (Å²) in [6, 6.07) is 10.2. The predicted molar refractivity (Wildman–Crippen MR) is 74.8 cm³/mol. The quantitative estimate of drug-likeness (QED) is 0.778. The zero-order valence-corrected chi connectivity index (χ0v) is 11.0. The van der Waals surface area contributed by atoms with Crippen LogP contribution in [0.2, 0.25) is 0 Å². The lowest BCUT2D eigenvalue weighted by Gasteiger charge is -2.07. The number of hydrogen-bond acceptors (Lipinski definition) is 4. The Morgan fingerprint density at radius 1 is 1.16 bits per heavy atom. The molecular formula is C14H15N5. The first-order chi connectivity index (χ1) is 9.24. The Labute approximate surface area is 111 Å². The van der Waals surface area contributed by atoms with E-state index in [9.17, 15) is 0 Å². The molecule has 0 atom stereocenters. The van der Waals surface area contributed by atoms with Crippen LogP contribution in [0.25, 0.3) is 11.0 Å². The van der Waals surface area contributed by atoms with Gasteiger partial charge in [-0.15, -0.1) is 0 Å². The molecule has 2 heterocycles. The Hall–Kier alpha value is -2.43. The van der Waals surface area contributed by atoms with E-state index in [1.54, 1.807) is 10.9 Å². The number of benzene rings is 1. The Morgan fingerprint density at radius 2 is 1.95 bits per heavy atom. The average molecular weight is 253 g/mol. The number of nitrogens with one attached hydrogen (secondary N) is 1. The molecule has 2 aromatic heterocycles. The van der Waals surface area contributed by atoms with E-state index in [0.717, 1.165) is 29.2 Å². The molecule has 0 saturated carbocycles. The van der Waals surface area contributed by atoms with Crippen molar-refractivity contribution in [1.82, 2.24) is 19.7 Å². The van der Waals surface area contributed by atoms with Crippen LogP contribution >= 0.6 is 0 Å². The van der Waals surface area contributed by atoms with Gasteiger partial charge in [0.25, 0.3) is 0 Å². The summed E-state index contributed by atoms with van der Waals surface area (Å²) >= 11 is 0. The predicted octanol–water partition coefficient (Wildman–Crippen LogP) is 2.28. The summed E-state index contributed by atoms with van der Waals surface area (Å²) in [6.45, 7) is 2.63. The molecule has 0 fully saturated rings. The minimum Gasteiger partial charge on any atom is -0.365 e. The van der Waals surface area contributed by atoms with E-state index in [1.165, 1.54) is 5.56 Å². The fourth-order valence-corrected chi connectivity index (χ4v) is 2.05. The maximum absolute atomic E-state index is 4.45. The molecule has 19 heavy (non-hydrogen) atoms. The van der Waals surface area contributed by atoms with E-state index < -0.39 is 0 Å². The fraction of sp³-hybridized carbons (Fsp3) is 0.214. The summed E-state index contributed by atoms with van der Waals surface area (Å²) in [4.78, 5) is 8.85. The molecule has 3 aromatic rings. The highest BCUT2D eigenvalue weighted by atomic mass is 15.3. The number of nitrogens with zero attached hydrogens (tertiary/aromatic N) is 4. The molecule has 0 saturated heterocycles. The van der Waals surface area contributed by atoms with Crippen molar-refractivity contribution >= 4 is 16.9 Å². The number of aromatic nitrogens is 4. The minimum absolute atomic E-state index is 0.737. The summed E-state index contributed by atoms with van der Waals surface area (Å²) in [5.74, 6) is 1.58. The Morgan fingerprint density at radius 3 is 2.74 bits per heavy atom. The van der Waals surface area contributed by atoms with E-state index in [0.29, 0.717) is 0 Å². The Balaban J connectivity index is 1.92. The van der Waals surface area contributed by atoms with Crippen LogP contribution in [-0.4, -0.2) is 19.7 Å². The third-order valence-electron chi connectivity index (χ3n) is 3.01. The van der Waals surface area contributed by atoms with Gasteiger partial charge in [0.05, 0.1) is 11.6 Å². The van der Waals surface area contributed by atoms with Crippen molar-refractivity contribution in [3.8, 4) is 0 Å². The van der Waals surface area contributed by atoms with E-state index in [-0.39, 0.29) is 0 Å². The molecule has 3 rings (SSSR count). The molecule has 5 heteroatoms. The first kappa shape index (κ1) is 11.6. The van der Waals surface area contributed by atoms with Crippen LogP contribution in [0.5, 0.6) is 0 Å². The van der Waals surface area contributed by atoms with Crippen molar-refractivity contribution in [2.45, 2.75) is 13.5 Å². The summed E-state index contributed by atoms with van der Waals surface area (Å²) in [5.41, 5.74) is 2.07. The molecule has 0 aliphatic heterocycles. The van der Waals surface area contributed by atoms with Gasteiger partial charge >= 0.3 is 0 Å². The smallest absolute Gasteiger partial charge is 0.163 e. The van der Waals surface area contributed by atoms with Gasteiger partial charge in [-0.1, -0.05) is 30.3 Å². The molecule has 0 amide bonds. The van der Waals surface area contributed by atoms with Gasteiger partial charge in [-0.3, -0.25) is 4.68 Å². The summed E-state index contributed by atoms with van der Waals surface area (Å²) < 4.78 is 1.76. The third-order valence-corrected chi connectivity index (χ3v) is 3.01. The zero-order valence-electron chi connectivity index (χ0n) is 11.0. The maximum atomic E-state index is 4.45. The summed E-state index contributed by atoms with van der Waals surface area (Å²) in [5, 5.41) is 8.53. The lowest BCUT2D eigenvalue weighted by molar-refractivity contribution is 0.783. The normalized spacial score (nSPS) is 10.8. The number of anilines is 1. The van der Waals surface area contributed by atoms with E-state index >= 15 is 0 Å². The lowest BCUT2D eigenvalue weighted by Crippen LogP contribution is -2.04. The van der Waals surface area contributed by atoms with E-state index in [4.69, 9.17) is 0 Å². The Bertz CT molecular complexity index is 702. The van der Waals surface area contributed by atoms with Gasteiger partial charge in [-0.25, -0.2) is 9.97 Å². The number of aryl methyl sites for hydroxylation is 2. The zero-order chi connectivity index (χ0) is 13.2. The molecule has 0 bridgehead atoms. The molecular weight excluding hydrogens is 238 g/mol.